The van der Waals surface area contributed by atoms with E-state index in [0.717, 1.165) is 32.4 Å². The van der Waals surface area contributed by atoms with Gasteiger partial charge in [-0.25, -0.2) is 0 Å². The van der Waals surface area contributed by atoms with Crippen molar-refractivity contribution in [2.24, 2.45) is 0 Å². The zero-order chi connectivity index (χ0) is 14.9. The minimum absolute atomic E-state index is 0.126. The van der Waals surface area contributed by atoms with Crippen LogP contribution < -0.4 is 0 Å². The molecule has 0 radical (unpaired) electrons. The van der Waals surface area contributed by atoms with Gasteiger partial charge >= 0.3 is 0 Å². The van der Waals surface area contributed by atoms with Crippen LogP contribution in [-0.2, 0) is 9.59 Å². The van der Waals surface area contributed by atoms with E-state index < -0.39 is 0 Å². The predicted molar refractivity (Wildman–Crippen MR) is 78.3 cm³/mol. The summed E-state index contributed by atoms with van der Waals surface area (Å²) in [5, 5.41) is 0. The van der Waals surface area contributed by atoms with Crippen molar-refractivity contribution in [3.05, 3.63) is 0 Å². The van der Waals surface area contributed by atoms with Gasteiger partial charge in [0.25, 0.3) is 0 Å². The van der Waals surface area contributed by atoms with E-state index in [4.69, 9.17) is 0 Å². The lowest BCUT2D eigenvalue weighted by molar-refractivity contribution is -0.162. The number of rotatable bonds is 5. The minimum atomic E-state index is -0.256. The largest absolute Gasteiger partial charge is 0.329 e. The molecule has 0 saturated carbocycles. The lowest BCUT2D eigenvalue weighted by Crippen LogP contribution is -2.64. The van der Waals surface area contributed by atoms with E-state index in [0.29, 0.717) is 6.42 Å². The molecule has 2 heterocycles. The van der Waals surface area contributed by atoms with E-state index >= 15 is 0 Å². The number of fused-ring (bicyclic) bond motifs is 1. The van der Waals surface area contributed by atoms with Crippen LogP contribution in [0.3, 0.4) is 0 Å². The molecule has 114 valence electrons. The second-order valence-corrected chi connectivity index (χ2v) is 6.30. The molecular weight excluding hydrogens is 254 g/mol. The second-order valence-electron chi connectivity index (χ2n) is 6.30. The average Bonchev–Trinajstić information content (AvgIpc) is 2.89. The first-order valence-corrected chi connectivity index (χ1v) is 7.74. The molecule has 0 bridgehead atoms. The second kappa shape index (κ2) is 6.12. The van der Waals surface area contributed by atoms with Gasteiger partial charge in [0.1, 0.15) is 12.1 Å². The highest BCUT2D eigenvalue weighted by atomic mass is 16.2. The number of nitrogens with zero attached hydrogens (tertiary/aromatic N) is 3. The van der Waals surface area contributed by atoms with E-state index in [1.807, 2.05) is 30.8 Å². The fraction of sp³-hybridized carbons (Fsp3) is 0.867. The first-order chi connectivity index (χ1) is 9.47. The summed E-state index contributed by atoms with van der Waals surface area (Å²) in [4.78, 5) is 31.1. The topological polar surface area (TPSA) is 43.9 Å². The van der Waals surface area contributed by atoms with E-state index in [2.05, 4.69) is 11.8 Å². The van der Waals surface area contributed by atoms with E-state index in [9.17, 15) is 9.59 Å². The molecule has 0 aromatic carbocycles. The number of piperazine rings is 1. The average molecular weight is 281 g/mol. The Balaban J connectivity index is 2.15. The predicted octanol–water partition coefficient (Wildman–Crippen LogP) is 0.938. The van der Waals surface area contributed by atoms with Crippen molar-refractivity contribution in [2.45, 2.75) is 57.7 Å². The summed E-state index contributed by atoms with van der Waals surface area (Å²) in [6, 6.07) is -0.317. The van der Waals surface area contributed by atoms with Gasteiger partial charge in [-0.05, 0) is 53.2 Å². The Labute approximate surface area is 121 Å². The van der Waals surface area contributed by atoms with Crippen LogP contribution in [0.15, 0.2) is 0 Å². The maximum atomic E-state index is 12.7. The monoisotopic (exact) mass is 281 g/mol. The molecule has 3 atom stereocenters. The molecule has 0 aliphatic carbocycles. The summed E-state index contributed by atoms with van der Waals surface area (Å²) in [5.41, 5.74) is 0. The Kier molecular flexibility index (Phi) is 4.68. The van der Waals surface area contributed by atoms with Gasteiger partial charge in [0, 0.05) is 12.6 Å². The van der Waals surface area contributed by atoms with Crippen LogP contribution in [0.25, 0.3) is 0 Å². The van der Waals surface area contributed by atoms with E-state index in [1.54, 1.807) is 0 Å². The SMILES string of the molecule is CCC1C(=O)N2CCCC2C(=O)N1C(C)CCN(C)C. The quantitative estimate of drug-likeness (QED) is 0.753. The molecular formula is C15H27N3O2. The Morgan fingerprint density at radius 3 is 2.60 bits per heavy atom. The van der Waals surface area contributed by atoms with Crippen molar-refractivity contribution >= 4 is 11.8 Å². The molecule has 3 unspecified atom stereocenters. The summed E-state index contributed by atoms with van der Waals surface area (Å²) in [5.74, 6) is 0.325. The van der Waals surface area contributed by atoms with Gasteiger partial charge in [0.2, 0.25) is 11.8 Å². The molecule has 2 rings (SSSR count). The lowest BCUT2D eigenvalue weighted by Gasteiger charge is -2.45. The molecule has 20 heavy (non-hydrogen) atoms. The number of hydrogen-bond acceptors (Lipinski definition) is 3. The molecule has 0 spiro atoms. The van der Waals surface area contributed by atoms with Crippen LogP contribution in [0.5, 0.6) is 0 Å². The zero-order valence-electron chi connectivity index (χ0n) is 13.1. The summed E-state index contributed by atoms with van der Waals surface area (Å²) in [6.07, 6.45) is 3.41. The van der Waals surface area contributed by atoms with Gasteiger partial charge in [-0.1, -0.05) is 6.92 Å². The molecule has 2 amide bonds. The van der Waals surface area contributed by atoms with E-state index in [-0.39, 0.29) is 29.9 Å². The highest BCUT2D eigenvalue weighted by Gasteiger charge is 2.48. The van der Waals surface area contributed by atoms with Crippen molar-refractivity contribution in [3.8, 4) is 0 Å². The van der Waals surface area contributed by atoms with Crippen LogP contribution in [0.1, 0.15) is 39.5 Å². The molecule has 0 N–H and O–H groups in total. The van der Waals surface area contributed by atoms with Crippen molar-refractivity contribution in [3.63, 3.8) is 0 Å². The van der Waals surface area contributed by atoms with Crippen molar-refractivity contribution in [2.75, 3.05) is 27.2 Å². The third-order valence-electron chi connectivity index (χ3n) is 4.55. The third kappa shape index (κ3) is 2.68. The molecule has 0 aromatic rings. The van der Waals surface area contributed by atoms with Gasteiger partial charge in [-0.2, -0.15) is 0 Å². The van der Waals surface area contributed by atoms with Gasteiger partial charge < -0.3 is 14.7 Å². The number of carbonyl (C=O) groups excluding carboxylic acids is 2. The van der Waals surface area contributed by atoms with Crippen molar-refractivity contribution in [1.29, 1.82) is 0 Å². The molecule has 5 nitrogen and oxygen atoms in total. The maximum absolute atomic E-state index is 12.7. The Morgan fingerprint density at radius 2 is 2.00 bits per heavy atom. The normalized spacial score (nSPS) is 28.2. The standard InChI is InChI=1S/C15H27N3O2/c1-5-12-14(19)17-9-6-7-13(17)15(20)18(12)11(2)8-10-16(3)4/h11-13H,5-10H2,1-4H3. The first kappa shape index (κ1) is 15.3. The fourth-order valence-corrected chi connectivity index (χ4v) is 3.40. The third-order valence-corrected chi connectivity index (χ3v) is 4.55. The minimum Gasteiger partial charge on any atom is -0.329 e. The van der Waals surface area contributed by atoms with Gasteiger partial charge in [-0.3, -0.25) is 9.59 Å². The van der Waals surface area contributed by atoms with Gasteiger partial charge in [-0.15, -0.1) is 0 Å². The summed E-state index contributed by atoms with van der Waals surface area (Å²) >= 11 is 0. The van der Waals surface area contributed by atoms with E-state index in [1.165, 1.54) is 0 Å². The fourth-order valence-electron chi connectivity index (χ4n) is 3.40. The molecule has 2 aliphatic rings. The molecule has 2 saturated heterocycles. The first-order valence-electron chi connectivity index (χ1n) is 7.74. The Morgan fingerprint density at radius 1 is 1.30 bits per heavy atom. The molecule has 2 fully saturated rings. The van der Waals surface area contributed by atoms with Gasteiger partial charge in [0.15, 0.2) is 0 Å². The van der Waals surface area contributed by atoms with Crippen LogP contribution in [-0.4, -0.2) is 71.8 Å². The molecule has 2 aliphatic heterocycles. The highest BCUT2D eigenvalue weighted by molar-refractivity contribution is 5.97. The Bertz CT molecular complexity index is 383. The highest BCUT2D eigenvalue weighted by Crippen LogP contribution is 2.30. The maximum Gasteiger partial charge on any atom is 0.246 e. The molecule has 5 heteroatoms. The smallest absolute Gasteiger partial charge is 0.246 e. The summed E-state index contributed by atoms with van der Waals surface area (Å²) < 4.78 is 0. The lowest BCUT2D eigenvalue weighted by atomic mass is 9.99. The van der Waals surface area contributed by atoms with Crippen LogP contribution >= 0.6 is 0 Å². The summed E-state index contributed by atoms with van der Waals surface area (Å²) in [6.45, 7) is 5.76. The zero-order valence-corrected chi connectivity index (χ0v) is 13.1. The van der Waals surface area contributed by atoms with Crippen LogP contribution in [0, 0.1) is 0 Å². The van der Waals surface area contributed by atoms with Gasteiger partial charge in [0.05, 0.1) is 0 Å². The van der Waals surface area contributed by atoms with Crippen LogP contribution in [0.2, 0.25) is 0 Å². The number of carbonyl (C=O) groups is 2. The number of hydrogen-bond donors (Lipinski definition) is 0. The molecule has 0 aromatic heterocycles. The summed E-state index contributed by atoms with van der Waals surface area (Å²) in [7, 11) is 4.07. The van der Waals surface area contributed by atoms with Crippen LogP contribution in [0.4, 0.5) is 0 Å². The van der Waals surface area contributed by atoms with Crippen molar-refractivity contribution < 1.29 is 9.59 Å². The Hall–Kier alpha value is -1.10. The number of amides is 2. The van der Waals surface area contributed by atoms with Crippen molar-refractivity contribution in [1.82, 2.24) is 14.7 Å².